The number of benzene rings is 1. The number of rotatable bonds is 7. The zero-order valence-electron chi connectivity index (χ0n) is 15.5. The van der Waals surface area contributed by atoms with Gasteiger partial charge in [-0.25, -0.2) is 4.98 Å². The van der Waals surface area contributed by atoms with Crippen molar-refractivity contribution in [3.05, 3.63) is 52.7 Å². The van der Waals surface area contributed by atoms with Crippen molar-refractivity contribution < 1.29 is 9.90 Å². The Morgan fingerprint density at radius 3 is 2.63 bits per heavy atom. The highest BCUT2D eigenvalue weighted by molar-refractivity contribution is 6.30. The Morgan fingerprint density at radius 1 is 1.26 bits per heavy atom. The van der Waals surface area contributed by atoms with E-state index in [1.54, 1.807) is 0 Å². The number of aliphatic carboxylic acids is 1. The lowest BCUT2D eigenvalue weighted by molar-refractivity contribution is -0.134. The summed E-state index contributed by atoms with van der Waals surface area (Å²) in [6.45, 7) is 3.17. The molecule has 2 aliphatic carbocycles. The largest absolute Gasteiger partial charge is 0.481 e. The Balaban J connectivity index is 0.000000481. The summed E-state index contributed by atoms with van der Waals surface area (Å²) in [6.07, 6.45) is 7.42. The maximum atomic E-state index is 9.00. The van der Waals surface area contributed by atoms with E-state index in [4.69, 9.17) is 21.5 Å². The van der Waals surface area contributed by atoms with Crippen LogP contribution in [0.2, 0.25) is 5.02 Å². The van der Waals surface area contributed by atoms with Gasteiger partial charge in [0.25, 0.3) is 5.97 Å². The highest BCUT2D eigenvalue weighted by atomic mass is 35.5. The van der Waals surface area contributed by atoms with Crippen LogP contribution in [-0.2, 0) is 11.3 Å². The Labute approximate surface area is 165 Å². The van der Waals surface area contributed by atoms with E-state index in [0.717, 1.165) is 48.4 Å². The molecule has 5 nitrogen and oxygen atoms in total. The molecule has 1 aromatic carbocycles. The van der Waals surface area contributed by atoms with Crippen LogP contribution in [0.5, 0.6) is 0 Å². The van der Waals surface area contributed by atoms with E-state index in [1.165, 1.54) is 36.8 Å². The SMILES string of the molecule is CC(=O)O.Clc1cccc(Nc2cc(C3CC3)c(CNCC3CC3)cn2)c1. The molecular weight excluding hydrogens is 362 g/mol. The molecule has 0 unspecified atom stereocenters. The van der Waals surface area contributed by atoms with Crippen LogP contribution < -0.4 is 10.6 Å². The normalized spacial score (nSPS) is 15.6. The van der Waals surface area contributed by atoms with Gasteiger partial charge in [0.15, 0.2) is 0 Å². The van der Waals surface area contributed by atoms with Gasteiger partial charge in [-0.3, -0.25) is 4.79 Å². The minimum atomic E-state index is -0.833. The third-order valence-corrected chi connectivity index (χ3v) is 4.82. The molecule has 27 heavy (non-hydrogen) atoms. The first kappa shape index (κ1) is 19.6. The van der Waals surface area contributed by atoms with Gasteiger partial charge in [0.05, 0.1) is 0 Å². The Morgan fingerprint density at radius 2 is 2.00 bits per heavy atom. The van der Waals surface area contributed by atoms with E-state index in [2.05, 4.69) is 21.7 Å². The van der Waals surface area contributed by atoms with Crippen molar-refractivity contribution in [3.63, 3.8) is 0 Å². The molecule has 0 saturated heterocycles. The Hall–Kier alpha value is -2.11. The van der Waals surface area contributed by atoms with Crippen LogP contribution in [0, 0.1) is 5.92 Å². The van der Waals surface area contributed by atoms with Crippen LogP contribution in [-0.4, -0.2) is 22.6 Å². The summed E-state index contributed by atoms with van der Waals surface area (Å²) in [5.74, 6) is 1.70. The molecule has 4 rings (SSSR count). The monoisotopic (exact) mass is 387 g/mol. The van der Waals surface area contributed by atoms with Gasteiger partial charge in [-0.1, -0.05) is 17.7 Å². The topological polar surface area (TPSA) is 74.2 Å². The average molecular weight is 388 g/mol. The molecule has 0 radical (unpaired) electrons. The number of pyridine rings is 1. The third kappa shape index (κ3) is 6.85. The number of halogens is 1. The first-order chi connectivity index (χ1) is 13.0. The van der Waals surface area contributed by atoms with E-state index >= 15 is 0 Å². The fourth-order valence-electron chi connectivity index (χ4n) is 2.94. The minimum absolute atomic E-state index is 0.718. The van der Waals surface area contributed by atoms with Crippen molar-refractivity contribution in [1.29, 1.82) is 0 Å². The molecule has 2 aromatic rings. The standard InChI is InChI=1S/C19H22ClN3.C2H4O2/c20-16-2-1-3-17(8-16)23-19-9-18(14-6-7-14)15(12-22-19)11-21-10-13-4-5-13;1-2(3)4/h1-3,8-9,12-14,21H,4-7,10-11H2,(H,22,23);1H3,(H,3,4). The van der Waals surface area contributed by atoms with Gasteiger partial charge in [-0.15, -0.1) is 0 Å². The number of hydrogen-bond donors (Lipinski definition) is 3. The lowest BCUT2D eigenvalue weighted by Crippen LogP contribution is -2.17. The number of nitrogens with zero attached hydrogens (tertiary/aromatic N) is 1. The van der Waals surface area contributed by atoms with Gasteiger partial charge in [0.2, 0.25) is 0 Å². The Kier molecular flexibility index (Phi) is 6.69. The van der Waals surface area contributed by atoms with Crippen molar-refractivity contribution in [2.24, 2.45) is 5.92 Å². The van der Waals surface area contributed by atoms with Crippen molar-refractivity contribution >= 4 is 29.1 Å². The fourth-order valence-corrected chi connectivity index (χ4v) is 3.13. The molecule has 2 aliphatic rings. The lowest BCUT2D eigenvalue weighted by atomic mass is 10.1. The highest BCUT2D eigenvalue weighted by Gasteiger charge is 2.27. The van der Waals surface area contributed by atoms with Gasteiger partial charge >= 0.3 is 0 Å². The molecule has 0 atom stereocenters. The summed E-state index contributed by atoms with van der Waals surface area (Å²) in [5, 5.41) is 15.1. The predicted molar refractivity (Wildman–Crippen MR) is 109 cm³/mol. The van der Waals surface area contributed by atoms with E-state index in [9.17, 15) is 0 Å². The first-order valence-corrected chi connectivity index (χ1v) is 9.80. The van der Waals surface area contributed by atoms with Crippen LogP contribution in [0.4, 0.5) is 11.5 Å². The molecular formula is C21H26ClN3O2. The molecule has 144 valence electrons. The summed E-state index contributed by atoms with van der Waals surface area (Å²) in [7, 11) is 0. The summed E-state index contributed by atoms with van der Waals surface area (Å²) >= 11 is 6.05. The van der Waals surface area contributed by atoms with Gasteiger partial charge < -0.3 is 15.7 Å². The van der Waals surface area contributed by atoms with E-state index in [0.29, 0.717) is 0 Å². The van der Waals surface area contributed by atoms with Crippen molar-refractivity contribution in [2.75, 3.05) is 11.9 Å². The summed E-state index contributed by atoms with van der Waals surface area (Å²) < 4.78 is 0. The quantitative estimate of drug-likeness (QED) is 0.627. The number of carboxylic acids is 1. The van der Waals surface area contributed by atoms with Crippen LogP contribution in [0.25, 0.3) is 0 Å². The second-order valence-electron chi connectivity index (χ2n) is 7.27. The molecule has 0 spiro atoms. The lowest BCUT2D eigenvalue weighted by Gasteiger charge is -2.13. The van der Waals surface area contributed by atoms with Crippen LogP contribution in [0.1, 0.15) is 49.7 Å². The summed E-state index contributed by atoms with van der Waals surface area (Å²) in [4.78, 5) is 13.6. The number of nitrogens with one attached hydrogen (secondary N) is 2. The summed E-state index contributed by atoms with van der Waals surface area (Å²) in [6, 6.07) is 9.97. The molecule has 1 aromatic heterocycles. The molecule has 0 amide bonds. The van der Waals surface area contributed by atoms with E-state index < -0.39 is 5.97 Å². The van der Waals surface area contributed by atoms with Crippen molar-refractivity contribution in [3.8, 4) is 0 Å². The number of hydrogen-bond acceptors (Lipinski definition) is 4. The third-order valence-electron chi connectivity index (χ3n) is 4.58. The van der Waals surface area contributed by atoms with Gasteiger partial charge in [-0.05, 0) is 79.5 Å². The van der Waals surface area contributed by atoms with Gasteiger partial charge in [0, 0.05) is 30.4 Å². The van der Waals surface area contributed by atoms with Crippen LogP contribution in [0.3, 0.4) is 0 Å². The zero-order chi connectivity index (χ0) is 19.2. The molecule has 1 heterocycles. The maximum Gasteiger partial charge on any atom is 0.300 e. The summed E-state index contributed by atoms with van der Waals surface area (Å²) in [5.41, 5.74) is 3.78. The molecule has 2 fully saturated rings. The first-order valence-electron chi connectivity index (χ1n) is 9.43. The van der Waals surface area contributed by atoms with Crippen LogP contribution >= 0.6 is 11.6 Å². The van der Waals surface area contributed by atoms with Crippen molar-refractivity contribution in [1.82, 2.24) is 10.3 Å². The molecule has 6 heteroatoms. The highest BCUT2D eigenvalue weighted by Crippen LogP contribution is 2.42. The second-order valence-corrected chi connectivity index (χ2v) is 7.71. The molecule has 3 N–H and O–H groups in total. The second kappa shape index (κ2) is 9.20. The van der Waals surface area contributed by atoms with Crippen LogP contribution in [0.15, 0.2) is 36.5 Å². The Bertz CT molecular complexity index is 785. The van der Waals surface area contributed by atoms with Gasteiger partial charge in [-0.2, -0.15) is 0 Å². The van der Waals surface area contributed by atoms with E-state index in [1.807, 2.05) is 30.5 Å². The molecule has 2 saturated carbocycles. The smallest absolute Gasteiger partial charge is 0.300 e. The van der Waals surface area contributed by atoms with E-state index in [-0.39, 0.29) is 0 Å². The van der Waals surface area contributed by atoms with Crippen molar-refractivity contribution in [2.45, 2.75) is 45.1 Å². The number of carbonyl (C=O) groups is 1. The zero-order valence-corrected chi connectivity index (χ0v) is 16.3. The molecule has 0 aliphatic heterocycles. The predicted octanol–water partition coefficient (Wildman–Crippen LogP) is 4.95. The maximum absolute atomic E-state index is 9.00. The average Bonchev–Trinajstić information content (AvgIpc) is 3.50. The number of carboxylic acid groups (broad SMARTS) is 1. The molecule has 0 bridgehead atoms. The fraction of sp³-hybridized carbons (Fsp3) is 0.429. The van der Waals surface area contributed by atoms with Gasteiger partial charge in [0.1, 0.15) is 5.82 Å². The minimum Gasteiger partial charge on any atom is -0.481 e. The number of aromatic nitrogens is 1. The number of anilines is 2.